The van der Waals surface area contributed by atoms with Crippen molar-refractivity contribution in [1.29, 1.82) is 0 Å². The zero-order valence-electron chi connectivity index (χ0n) is 12.4. The fourth-order valence-corrected chi connectivity index (χ4v) is 2.44. The molecule has 0 aliphatic heterocycles. The summed E-state index contributed by atoms with van der Waals surface area (Å²) in [5.41, 5.74) is 8.19. The molecule has 3 N–H and O–H groups in total. The van der Waals surface area contributed by atoms with Crippen LogP contribution in [0.15, 0.2) is 18.2 Å². The summed E-state index contributed by atoms with van der Waals surface area (Å²) >= 11 is 0. The minimum atomic E-state index is 0.156. The van der Waals surface area contributed by atoms with Gasteiger partial charge in [0.15, 0.2) is 0 Å². The van der Waals surface area contributed by atoms with Gasteiger partial charge >= 0.3 is 0 Å². The van der Waals surface area contributed by atoms with E-state index in [1.807, 2.05) is 13.0 Å². The third-order valence-corrected chi connectivity index (χ3v) is 3.61. The molecule has 0 aromatic heterocycles. The third kappa shape index (κ3) is 4.51. The Balaban J connectivity index is 2.98. The van der Waals surface area contributed by atoms with Gasteiger partial charge in [-0.1, -0.05) is 24.6 Å². The van der Waals surface area contributed by atoms with Crippen molar-refractivity contribution in [2.75, 3.05) is 19.8 Å². The second-order valence-corrected chi connectivity index (χ2v) is 5.10. The van der Waals surface area contributed by atoms with E-state index in [-0.39, 0.29) is 12.5 Å². The summed E-state index contributed by atoms with van der Waals surface area (Å²) in [4.78, 5) is 0. The van der Waals surface area contributed by atoms with Gasteiger partial charge in [0.1, 0.15) is 5.75 Å². The van der Waals surface area contributed by atoms with Crippen molar-refractivity contribution in [1.82, 2.24) is 0 Å². The van der Waals surface area contributed by atoms with Crippen molar-refractivity contribution in [2.45, 2.75) is 39.5 Å². The molecule has 1 aromatic carbocycles. The van der Waals surface area contributed by atoms with Crippen molar-refractivity contribution >= 4 is 0 Å². The zero-order chi connectivity index (χ0) is 14.3. The molecule has 19 heavy (non-hydrogen) atoms. The van der Waals surface area contributed by atoms with Crippen LogP contribution in [0, 0.1) is 12.8 Å². The monoisotopic (exact) mass is 265 g/mol. The van der Waals surface area contributed by atoms with E-state index in [9.17, 15) is 5.11 Å². The van der Waals surface area contributed by atoms with Crippen molar-refractivity contribution in [3.63, 3.8) is 0 Å². The number of benzene rings is 1. The number of aliphatic hydroxyl groups excluding tert-OH is 1. The minimum absolute atomic E-state index is 0.156. The van der Waals surface area contributed by atoms with Crippen molar-refractivity contribution < 1.29 is 9.84 Å². The van der Waals surface area contributed by atoms with Crippen molar-refractivity contribution in [2.24, 2.45) is 11.7 Å². The van der Waals surface area contributed by atoms with Crippen LogP contribution in [0.1, 0.15) is 43.7 Å². The van der Waals surface area contributed by atoms with Gasteiger partial charge in [0, 0.05) is 6.61 Å². The quantitative estimate of drug-likeness (QED) is 0.760. The number of nitrogens with two attached hydrogens (primary N) is 1. The van der Waals surface area contributed by atoms with Crippen LogP contribution >= 0.6 is 0 Å². The summed E-state index contributed by atoms with van der Waals surface area (Å²) < 4.78 is 5.73. The van der Waals surface area contributed by atoms with Crippen LogP contribution < -0.4 is 10.5 Å². The molecule has 0 saturated carbocycles. The van der Waals surface area contributed by atoms with Crippen LogP contribution in [0.5, 0.6) is 5.75 Å². The normalized spacial score (nSPS) is 14.2. The van der Waals surface area contributed by atoms with Crippen molar-refractivity contribution in [3.05, 3.63) is 29.3 Å². The Hall–Kier alpha value is -1.06. The highest BCUT2D eigenvalue weighted by Gasteiger charge is 2.19. The van der Waals surface area contributed by atoms with Crippen LogP contribution in [-0.4, -0.2) is 24.9 Å². The Morgan fingerprint density at radius 2 is 2.05 bits per heavy atom. The maximum atomic E-state index is 9.33. The first kappa shape index (κ1) is 16.0. The van der Waals surface area contributed by atoms with Crippen LogP contribution in [0.3, 0.4) is 0 Å². The summed E-state index contributed by atoms with van der Waals surface area (Å²) in [6.45, 7) is 7.63. The molecule has 108 valence electrons. The topological polar surface area (TPSA) is 55.5 Å². The highest BCUT2D eigenvalue weighted by Crippen LogP contribution is 2.34. The molecule has 3 heteroatoms. The number of hydrogen-bond acceptors (Lipinski definition) is 3. The van der Waals surface area contributed by atoms with Gasteiger partial charge in [-0.3, -0.25) is 0 Å². The van der Waals surface area contributed by atoms with E-state index in [0.717, 1.165) is 18.6 Å². The summed E-state index contributed by atoms with van der Waals surface area (Å²) in [5, 5.41) is 9.33. The van der Waals surface area contributed by atoms with Crippen molar-refractivity contribution in [3.8, 4) is 5.75 Å². The molecule has 0 fully saturated rings. The summed E-state index contributed by atoms with van der Waals surface area (Å²) in [6, 6.07) is 6.32. The maximum Gasteiger partial charge on any atom is 0.122 e. The van der Waals surface area contributed by atoms with E-state index in [4.69, 9.17) is 10.5 Å². The molecule has 0 aliphatic carbocycles. The molecule has 1 aromatic rings. The molecule has 0 aliphatic rings. The molecule has 0 saturated heterocycles. The molecule has 0 spiro atoms. The predicted octanol–water partition coefficient (Wildman–Crippen LogP) is 2.84. The fraction of sp³-hybridized carbons (Fsp3) is 0.625. The smallest absolute Gasteiger partial charge is 0.122 e. The first-order valence-corrected chi connectivity index (χ1v) is 7.20. The molecule has 0 heterocycles. The third-order valence-electron chi connectivity index (χ3n) is 3.61. The summed E-state index contributed by atoms with van der Waals surface area (Å²) in [7, 11) is 0. The molecule has 3 nitrogen and oxygen atoms in total. The molecule has 1 rings (SSSR count). The number of aliphatic hydroxyl groups is 1. The van der Waals surface area contributed by atoms with Crippen LogP contribution in [0.4, 0.5) is 0 Å². The largest absolute Gasteiger partial charge is 0.494 e. The van der Waals surface area contributed by atoms with Gasteiger partial charge in [0.05, 0.1) is 6.61 Å². The number of rotatable bonds is 8. The molecular weight excluding hydrogens is 238 g/mol. The van der Waals surface area contributed by atoms with E-state index >= 15 is 0 Å². The SMILES string of the molecule is CCOc1ccc(C)cc1C(CC)CC(CN)CO. The predicted molar refractivity (Wildman–Crippen MR) is 79.6 cm³/mol. The average molecular weight is 265 g/mol. The minimum Gasteiger partial charge on any atom is -0.494 e. The lowest BCUT2D eigenvalue weighted by Gasteiger charge is -2.23. The molecule has 0 amide bonds. The first-order chi connectivity index (χ1) is 9.15. The number of aryl methyl sites for hydroxylation is 1. The second-order valence-electron chi connectivity index (χ2n) is 5.10. The van der Waals surface area contributed by atoms with Gasteiger partial charge in [-0.2, -0.15) is 0 Å². The summed E-state index contributed by atoms with van der Waals surface area (Å²) in [5.74, 6) is 1.52. The van der Waals surface area contributed by atoms with Gasteiger partial charge in [0.2, 0.25) is 0 Å². The van der Waals surface area contributed by atoms with E-state index < -0.39 is 0 Å². The van der Waals surface area contributed by atoms with E-state index in [1.54, 1.807) is 0 Å². The Kier molecular flexibility index (Phi) is 6.89. The fourth-order valence-electron chi connectivity index (χ4n) is 2.44. The molecular formula is C16H27NO2. The maximum absolute atomic E-state index is 9.33. The highest BCUT2D eigenvalue weighted by atomic mass is 16.5. The number of ether oxygens (including phenoxy) is 1. The van der Waals surface area contributed by atoms with Gasteiger partial charge in [-0.05, 0) is 56.7 Å². The standard InChI is InChI=1S/C16H27NO2/c1-4-14(9-13(10-17)11-18)15-8-12(3)6-7-16(15)19-5-2/h6-8,13-14,18H,4-5,9-11,17H2,1-3H3. The summed E-state index contributed by atoms with van der Waals surface area (Å²) in [6.07, 6.45) is 1.94. The van der Waals surface area contributed by atoms with Gasteiger partial charge in [0.25, 0.3) is 0 Å². The lowest BCUT2D eigenvalue weighted by Crippen LogP contribution is -2.21. The molecule has 2 atom stereocenters. The lowest BCUT2D eigenvalue weighted by atomic mass is 9.86. The molecule has 0 radical (unpaired) electrons. The Bertz CT molecular complexity index is 375. The Labute approximate surface area is 116 Å². The van der Waals surface area contributed by atoms with E-state index in [2.05, 4.69) is 26.0 Å². The Morgan fingerprint density at radius 3 is 2.58 bits per heavy atom. The molecule has 0 bridgehead atoms. The van der Waals surface area contributed by atoms with E-state index in [1.165, 1.54) is 11.1 Å². The van der Waals surface area contributed by atoms with Crippen LogP contribution in [0.2, 0.25) is 0 Å². The zero-order valence-corrected chi connectivity index (χ0v) is 12.4. The first-order valence-electron chi connectivity index (χ1n) is 7.20. The van der Waals surface area contributed by atoms with Gasteiger partial charge in [-0.15, -0.1) is 0 Å². The number of hydrogen-bond donors (Lipinski definition) is 2. The lowest BCUT2D eigenvalue weighted by molar-refractivity contribution is 0.213. The van der Waals surface area contributed by atoms with Gasteiger partial charge in [-0.25, -0.2) is 0 Å². The van der Waals surface area contributed by atoms with Crippen LogP contribution in [-0.2, 0) is 0 Å². The van der Waals surface area contributed by atoms with Gasteiger partial charge < -0.3 is 15.6 Å². The second kappa shape index (κ2) is 8.18. The molecule has 2 unspecified atom stereocenters. The Morgan fingerprint density at radius 1 is 1.32 bits per heavy atom. The highest BCUT2D eigenvalue weighted by molar-refractivity contribution is 5.39. The van der Waals surface area contributed by atoms with E-state index in [0.29, 0.717) is 19.1 Å². The van der Waals surface area contributed by atoms with Crippen LogP contribution in [0.25, 0.3) is 0 Å². The average Bonchev–Trinajstić information content (AvgIpc) is 2.43.